The van der Waals surface area contributed by atoms with Crippen molar-refractivity contribution in [3.8, 4) is 0 Å². The summed E-state index contributed by atoms with van der Waals surface area (Å²) in [7, 11) is 1.46. The lowest BCUT2D eigenvalue weighted by atomic mass is 10.1. The molecule has 2 amide bonds. The molecule has 0 radical (unpaired) electrons. The van der Waals surface area contributed by atoms with Crippen LogP contribution in [-0.4, -0.2) is 25.5 Å². The predicted molar refractivity (Wildman–Crippen MR) is 91.9 cm³/mol. The van der Waals surface area contributed by atoms with Crippen molar-refractivity contribution in [2.75, 3.05) is 19.0 Å². The number of carbonyl (C=O) groups is 2. The van der Waals surface area contributed by atoms with E-state index in [0.717, 1.165) is 21.9 Å². The summed E-state index contributed by atoms with van der Waals surface area (Å²) >= 11 is 1.49. The minimum atomic E-state index is -4.64. The van der Waals surface area contributed by atoms with Crippen molar-refractivity contribution >= 4 is 28.8 Å². The van der Waals surface area contributed by atoms with Gasteiger partial charge in [0, 0.05) is 23.4 Å². The van der Waals surface area contributed by atoms with Gasteiger partial charge in [0.25, 0.3) is 0 Å². The van der Waals surface area contributed by atoms with E-state index in [-0.39, 0.29) is 6.54 Å². The van der Waals surface area contributed by atoms with E-state index in [9.17, 15) is 22.8 Å². The second kappa shape index (κ2) is 8.33. The summed E-state index contributed by atoms with van der Waals surface area (Å²) in [6, 6.07) is 8.19. The third-order valence-corrected chi connectivity index (χ3v) is 4.59. The van der Waals surface area contributed by atoms with Gasteiger partial charge in [0.2, 0.25) is 0 Å². The molecule has 5 nitrogen and oxygen atoms in total. The number of benzene rings is 1. The minimum Gasteiger partial charge on any atom is -0.374 e. The molecule has 2 N–H and O–H groups in total. The van der Waals surface area contributed by atoms with E-state index in [1.165, 1.54) is 30.6 Å². The lowest BCUT2D eigenvalue weighted by Crippen LogP contribution is -2.38. The maximum atomic E-state index is 12.9. The molecule has 2 rings (SSSR count). The van der Waals surface area contributed by atoms with Crippen LogP contribution >= 0.6 is 11.3 Å². The zero-order valence-electron chi connectivity index (χ0n) is 14.0. The van der Waals surface area contributed by atoms with Gasteiger partial charge >= 0.3 is 18.0 Å². The molecular weight excluding hydrogens is 369 g/mol. The third kappa shape index (κ3) is 5.06. The van der Waals surface area contributed by atoms with E-state index >= 15 is 0 Å². The SMILES string of the molecule is COC(CNC(=O)C(=O)Nc1ccccc1C(F)(F)F)c1ccc(C)s1. The Morgan fingerprint density at radius 2 is 1.85 bits per heavy atom. The van der Waals surface area contributed by atoms with Gasteiger partial charge < -0.3 is 15.4 Å². The molecule has 0 saturated heterocycles. The van der Waals surface area contributed by atoms with Crippen molar-refractivity contribution in [2.24, 2.45) is 0 Å². The molecule has 1 aromatic carbocycles. The van der Waals surface area contributed by atoms with E-state index in [1.807, 2.05) is 24.4 Å². The highest BCUT2D eigenvalue weighted by atomic mass is 32.1. The minimum absolute atomic E-state index is 0.0175. The number of hydrogen-bond acceptors (Lipinski definition) is 4. The molecule has 1 atom stereocenters. The molecule has 0 aliphatic rings. The molecule has 1 aromatic heterocycles. The molecule has 0 bridgehead atoms. The van der Waals surface area contributed by atoms with Crippen LogP contribution in [0.25, 0.3) is 0 Å². The monoisotopic (exact) mass is 386 g/mol. The number of aryl methyl sites for hydroxylation is 1. The first-order valence-electron chi connectivity index (χ1n) is 7.57. The number of methoxy groups -OCH3 is 1. The number of para-hydroxylation sites is 1. The molecule has 0 fully saturated rings. The lowest BCUT2D eigenvalue weighted by molar-refractivity contribution is -0.138. The van der Waals surface area contributed by atoms with Gasteiger partial charge in [-0.05, 0) is 31.2 Å². The van der Waals surface area contributed by atoms with Crippen molar-refractivity contribution in [1.82, 2.24) is 5.32 Å². The fourth-order valence-electron chi connectivity index (χ4n) is 2.21. The van der Waals surface area contributed by atoms with Crippen molar-refractivity contribution in [1.29, 1.82) is 0 Å². The van der Waals surface area contributed by atoms with Gasteiger partial charge in [-0.15, -0.1) is 11.3 Å². The van der Waals surface area contributed by atoms with E-state index in [2.05, 4.69) is 5.32 Å². The summed E-state index contributed by atoms with van der Waals surface area (Å²) in [5, 5.41) is 4.36. The van der Waals surface area contributed by atoms with Crippen molar-refractivity contribution in [3.63, 3.8) is 0 Å². The van der Waals surface area contributed by atoms with Crippen LogP contribution in [0.15, 0.2) is 36.4 Å². The number of hydrogen-bond donors (Lipinski definition) is 2. The first kappa shape index (κ1) is 19.9. The van der Waals surface area contributed by atoms with Gasteiger partial charge in [-0.25, -0.2) is 0 Å². The molecule has 0 saturated carbocycles. The molecule has 2 aromatic rings. The molecular formula is C17H17F3N2O3S. The first-order valence-corrected chi connectivity index (χ1v) is 8.38. The largest absolute Gasteiger partial charge is 0.418 e. The van der Waals surface area contributed by atoms with Gasteiger partial charge in [-0.3, -0.25) is 9.59 Å². The molecule has 140 valence electrons. The third-order valence-electron chi connectivity index (χ3n) is 3.50. The Hall–Kier alpha value is -2.39. The highest BCUT2D eigenvalue weighted by molar-refractivity contribution is 7.12. The van der Waals surface area contributed by atoms with E-state index in [0.29, 0.717) is 0 Å². The number of alkyl halides is 3. The van der Waals surface area contributed by atoms with E-state index in [1.54, 1.807) is 0 Å². The van der Waals surface area contributed by atoms with Crippen LogP contribution in [0.3, 0.4) is 0 Å². The van der Waals surface area contributed by atoms with Crippen LogP contribution in [0.5, 0.6) is 0 Å². The standard InChI is InChI=1S/C17H17F3N2O3S/c1-10-7-8-14(26-10)13(25-2)9-21-15(23)16(24)22-12-6-4-3-5-11(12)17(18,19)20/h3-8,13H,9H2,1-2H3,(H,21,23)(H,22,24). The fourth-order valence-corrected chi connectivity index (χ4v) is 3.17. The summed E-state index contributed by atoms with van der Waals surface area (Å²) in [5.74, 6) is -2.23. The molecule has 9 heteroatoms. The predicted octanol–water partition coefficient (Wildman–Crippen LogP) is 3.52. The average Bonchev–Trinajstić information content (AvgIpc) is 3.01. The molecule has 0 spiro atoms. The second-order valence-corrected chi connectivity index (χ2v) is 6.70. The smallest absolute Gasteiger partial charge is 0.374 e. The Balaban J connectivity index is 1.99. The number of anilines is 1. The van der Waals surface area contributed by atoms with Crippen molar-refractivity contribution in [2.45, 2.75) is 19.2 Å². The Kier molecular flexibility index (Phi) is 6.38. The maximum Gasteiger partial charge on any atom is 0.418 e. The van der Waals surface area contributed by atoms with Crippen molar-refractivity contribution < 1.29 is 27.5 Å². The Labute approximate surface area is 152 Å². The number of halogens is 3. The summed E-state index contributed by atoms with van der Waals surface area (Å²) in [4.78, 5) is 25.7. The number of nitrogens with one attached hydrogen (secondary N) is 2. The summed E-state index contributed by atoms with van der Waals surface area (Å²) in [6.07, 6.45) is -5.09. The highest BCUT2D eigenvalue weighted by Crippen LogP contribution is 2.34. The summed E-state index contributed by atoms with van der Waals surface area (Å²) in [5.41, 5.74) is -1.50. The Bertz CT molecular complexity index is 790. The Morgan fingerprint density at radius 1 is 1.15 bits per heavy atom. The number of amides is 2. The zero-order chi connectivity index (χ0) is 19.3. The maximum absolute atomic E-state index is 12.9. The van der Waals surface area contributed by atoms with Crippen LogP contribution in [0.2, 0.25) is 0 Å². The van der Waals surface area contributed by atoms with Gasteiger partial charge in [-0.1, -0.05) is 12.1 Å². The lowest BCUT2D eigenvalue weighted by Gasteiger charge is -2.15. The van der Waals surface area contributed by atoms with Crippen LogP contribution in [-0.2, 0) is 20.5 Å². The van der Waals surface area contributed by atoms with Crippen LogP contribution in [0, 0.1) is 6.92 Å². The molecule has 0 aliphatic heterocycles. The molecule has 0 aliphatic carbocycles. The summed E-state index contributed by atoms with van der Waals surface area (Å²) in [6.45, 7) is 1.94. The van der Waals surface area contributed by atoms with Gasteiger partial charge in [0.1, 0.15) is 6.10 Å². The zero-order valence-corrected chi connectivity index (χ0v) is 14.8. The number of carbonyl (C=O) groups excluding carboxylic acids is 2. The number of ether oxygens (including phenoxy) is 1. The van der Waals surface area contributed by atoms with E-state index in [4.69, 9.17) is 4.74 Å². The topological polar surface area (TPSA) is 67.4 Å². The number of rotatable bonds is 5. The Morgan fingerprint density at radius 3 is 2.42 bits per heavy atom. The quantitative estimate of drug-likeness (QED) is 0.773. The van der Waals surface area contributed by atoms with Crippen LogP contribution in [0.4, 0.5) is 18.9 Å². The normalized spacial score (nSPS) is 12.5. The van der Waals surface area contributed by atoms with Crippen LogP contribution in [0.1, 0.15) is 21.4 Å². The van der Waals surface area contributed by atoms with E-state index < -0.39 is 35.3 Å². The molecule has 1 unspecified atom stereocenters. The van der Waals surface area contributed by atoms with Gasteiger partial charge in [-0.2, -0.15) is 13.2 Å². The number of thiophene rings is 1. The molecule has 1 heterocycles. The van der Waals surface area contributed by atoms with Gasteiger partial charge in [0.15, 0.2) is 0 Å². The fraction of sp³-hybridized carbons (Fsp3) is 0.294. The van der Waals surface area contributed by atoms with Gasteiger partial charge in [0.05, 0.1) is 11.3 Å². The average molecular weight is 386 g/mol. The summed E-state index contributed by atoms with van der Waals surface area (Å²) < 4.78 is 44.0. The van der Waals surface area contributed by atoms with Crippen molar-refractivity contribution in [3.05, 3.63) is 51.7 Å². The highest BCUT2D eigenvalue weighted by Gasteiger charge is 2.34. The first-order chi connectivity index (χ1) is 12.2. The second-order valence-electron chi connectivity index (χ2n) is 5.38. The van der Waals surface area contributed by atoms with Crippen LogP contribution < -0.4 is 10.6 Å². The molecule has 26 heavy (non-hydrogen) atoms.